The lowest BCUT2D eigenvalue weighted by atomic mass is 10.2. The second-order valence-corrected chi connectivity index (χ2v) is 6.86. The average molecular weight is 314 g/mol. The number of rotatable bonds is 3. The molecule has 0 spiro atoms. The molecule has 1 aliphatic rings. The summed E-state index contributed by atoms with van der Waals surface area (Å²) < 4.78 is 22.5. The second kappa shape index (κ2) is 5.56. The number of nitro groups is 1. The molecular weight excluding hydrogens is 302 g/mol. The summed E-state index contributed by atoms with van der Waals surface area (Å²) in [6.07, 6.45) is 0.301. The molecule has 1 unspecified atom stereocenters. The van der Waals surface area contributed by atoms with Gasteiger partial charge in [0.25, 0.3) is 5.69 Å². The van der Waals surface area contributed by atoms with E-state index in [2.05, 4.69) is 10.6 Å². The Balaban J connectivity index is 2.03. The van der Waals surface area contributed by atoms with Gasteiger partial charge in [-0.05, 0) is 6.42 Å². The lowest BCUT2D eigenvalue weighted by Crippen LogP contribution is -2.38. The Bertz CT molecular complexity index is 687. The summed E-state index contributed by atoms with van der Waals surface area (Å²) in [6, 6.07) is 1.68. The van der Waals surface area contributed by atoms with E-state index in [1.165, 1.54) is 0 Å². The van der Waals surface area contributed by atoms with Gasteiger partial charge in [0.1, 0.15) is 0 Å². The summed E-state index contributed by atoms with van der Waals surface area (Å²) in [7, 11) is -3.13. The minimum atomic E-state index is -3.13. The predicted octanol–water partition coefficient (Wildman–Crippen LogP) is -0.0230. The molecule has 1 heterocycles. The monoisotopic (exact) mass is 314 g/mol. The van der Waals surface area contributed by atoms with E-state index in [0.717, 1.165) is 18.2 Å². The Hall–Kier alpha value is -2.36. The lowest BCUT2D eigenvalue weighted by molar-refractivity contribution is -0.385. The molecule has 0 saturated carbocycles. The molecule has 21 heavy (non-hydrogen) atoms. The van der Waals surface area contributed by atoms with E-state index in [4.69, 9.17) is 0 Å². The van der Waals surface area contributed by atoms with Crippen LogP contribution in [-0.4, -0.2) is 36.9 Å². The van der Waals surface area contributed by atoms with Crippen LogP contribution in [0.1, 0.15) is 6.42 Å². The molecule has 2 N–H and O–H groups in total. The third-order valence-corrected chi connectivity index (χ3v) is 4.76. The molecule has 2 rings (SSSR count). The van der Waals surface area contributed by atoms with Gasteiger partial charge in [-0.15, -0.1) is 0 Å². The van der Waals surface area contributed by atoms with Crippen molar-refractivity contribution in [2.75, 3.05) is 16.8 Å². The van der Waals surface area contributed by atoms with Crippen molar-refractivity contribution in [3.05, 3.63) is 28.3 Å². The highest BCUT2D eigenvalue weighted by Crippen LogP contribution is 2.25. The fourth-order valence-electron chi connectivity index (χ4n) is 1.98. The molecule has 0 aliphatic carbocycles. The summed E-state index contributed by atoms with van der Waals surface area (Å²) in [5.74, 6) is -0.726. The lowest BCUT2D eigenvalue weighted by Gasteiger charge is -2.16. The third kappa shape index (κ3) is 3.81. The molecule has 9 nitrogen and oxygen atoms in total. The van der Waals surface area contributed by atoms with Crippen LogP contribution in [0, 0.1) is 10.1 Å². The summed E-state index contributed by atoms with van der Waals surface area (Å²) in [6.45, 7) is 0. The fraction of sp³-hybridized carbons (Fsp3) is 0.364. The maximum absolute atomic E-state index is 11.7. The zero-order valence-corrected chi connectivity index (χ0v) is 11.6. The van der Waals surface area contributed by atoms with Crippen LogP contribution < -0.4 is 15.7 Å². The number of carbonyl (C=O) groups excluding carboxylic acids is 1. The maximum Gasteiger partial charge on any atom is 0.319 e. The molecule has 1 fully saturated rings. The molecule has 1 aromatic carbocycles. The van der Waals surface area contributed by atoms with Crippen LogP contribution >= 0.6 is 0 Å². The van der Waals surface area contributed by atoms with Crippen molar-refractivity contribution < 1.29 is 23.2 Å². The molecule has 114 valence electrons. The standard InChI is InChI=1S/C11H13N3O6S/c15-10-2-1-8(14(17)18)5-9(10)13-11(16)12-7-3-4-21(19,20)6-7/h1-2,5,7,15H,3-4,6H2,(H2,12,13,16)/p-1. The van der Waals surface area contributed by atoms with Gasteiger partial charge in [-0.3, -0.25) is 10.1 Å². The molecule has 1 atom stereocenters. The van der Waals surface area contributed by atoms with Crippen LogP contribution in [0.25, 0.3) is 0 Å². The summed E-state index contributed by atoms with van der Waals surface area (Å²) >= 11 is 0. The molecule has 0 bridgehead atoms. The van der Waals surface area contributed by atoms with Crippen LogP contribution in [0.15, 0.2) is 18.2 Å². The van der Waals surface area contributed by atoms with Crippen molar-refractivity contribution in [2.45, 2.75) is 12.5 Å². The number of hydrogen-bond donors (Lipinski definition) is 2. The van der Waals surface area contributed by atoms with Crippen LogP contribution in [0.2, 0.25) is 0 Å². The molecule has 10 heteroatoms. The number of sulfone groups is 1. The quantitative estimate of drug-likeness (QED) is 0.593. The number of carbonyl (C=O) groups is 1. The average Bonchev–Trinajstić information content (AvgIpc) is 2.71. The fourth-order valence-corrected chi connectivity index (χ4v) is 3.66. The molecule has 0 aromatic heterocycles. The van der Waals surface area contributed by atoms with Gasteiger partial charge < -0.3 is 15.7 Å². The van der Waals surface area contributed by atoms with Gasteiger partial charge in [0.2, 0.25) is 0 Å². The molecule has 1 aromatic rings. The minimum Gasteiger partial charge on any atom is -0.871 e. The highest BCUT2D eigenvalue weighted by molar-refractivity contribution is 7.91. The van der Waals surface area contributed by atoms with Gasteiger partial charge in [-0.1, -0.05) is 11.8 Å². The van der Waals surface area contributed by atoms with Gasteiger partial charge >= 0.3 is 6.03 Å². The van der Waals surface area contributed by atoms with E-state index in [1.54, 1.807) is 0 Å². The summed E-state index contributed by atoms with van der Waals surface area (Å²) in [5, 5.41) is 26.7. The van der Waals surface area contributed by atoms with E-state index >= 15 is 0 Å². The predicted molar refractivity (Wildman–Crippen MR) is 71.8 cm³/mol. The normalized spacial score (nSPS) is 19.9. The van der Waals surface area contributed by atoms with E-state index in [1.807, 2.05) is 0 Å². The first-order valence-electron chi connectivity index (χ1n) is 6.00. The van der Waals surface area contributed by atoms with Crippen LogP contribution in [-0.2, 0) is 9.84 Å². The zero-order chi connectivity index (χ0) is 15.6. The van der Waals surface area contributed by atoms with Crippen molar-refractivity contribution in [3.63, 3.8) is 0 Å². The Labute approximate surface area is 120 Å². The Morgan fingerprint density at radius 3 is 2.67 bits per heavy atom. The number of nitrogens with zero attached hydrogens (tertiary/aromatic N) is 1. The van der Waals surface area contributed by atoms with Crippen LogP contribution in [0.4, 0.5) is 16.2 Å². The molecule has 1 saturated heterocycles. The highest BCUT2D eigenvalue weighted by Gasteiger charge is 2.28. The van der Waals surface area contributed by atoms with Gasteiger partial charge in [0, 0.05) is 23.9 Å². The topological polar surface area (TPSA) is 141 Å². The number of nitro benzene ring substituents is 1. The number of hydrogen-bond acceptors (Lipinski definition) is 6. The van der Waals surface area contributed by atoms with Crippen molar-refractivity contribution in [2.24, 2.45) is 0 Å². The molecule has 2 amide bonds. The second-order valence-electron chi connectivity index (χ2n) is 4.64. The molecule has 0 radical (unpaired) electrons. The zero-order valence-electron chi connectivity index (χ0n) is 10.7. The van der Waals surface area contributed by atoms with E-state index in [0.29, 0.717) is 6.42 Å². The van der Waals surface area contributed by atoms with Crippen molar-refractivity contribution >= 4 is 27.2 Å². The van der Waals surface area contributed by atoms with Gasteiger partial charge in [-0.25, -0.2) is 13.2 Å². The highest BCUT2D eigenvalue weighted by atomic mass is 32.2. The Morgan fingerprint density at radius 2 is 2.10 bits per heavy atom. The smallest absolute Gasteiger partial charge is 0.319 e. The first-order chi connectivity index (χ1) is 9.77. The first-order valence-corrected chi connectivity index (χ1v) is 7.82. The largest absolute Gasteiger partial charge is 0.871 e. The molecule has 1 aliphatic heterocycles. The number of anilines is 1. The summed E-state index contributed by atoms with van der Waals surface area (Å²) in [5.41, 5.74) is -0.559. The molecular formula is C11H12N3O6S-. The number of benzene rings is 1. The van der Waals surface area contributed by atoms with Crippen molar-refractivity contribution in [1.29, 1.82) is 0 Å². The van der Waals surface area contributed by atoms with Crippen LogP contribution in [0.3, 0.4) is 0 Å². The first kappa shape index (κ1) is 15.0. The van der Waals surface area contributed by atoms with Crippen molar-refractivity contribution in [3.8, 4) is 5.75 Å². The number of non-ortho nitro benzene ring substituents is 1. The van der Waals surface area contributed by atoms with E-state index < -0.39 is 32.6 Å². The number of nitrogens with one attached hydrogen (secondary N) is 2. The SMILES string of the molecule is O=C(Nc1cc([N+](=O)[O-])ccc1[O-])NC1CCS(=O)(=O)C1. The Morgan fingerprint density at radius 1 is 1.38 bits per heavy atom. The third-order valence-electron chi connectivity index (χ3n) is 2.99. The van der Waals surface area contributed by atoms with E-state index in [9.17, 15) is 28.4 Å². The number of amides is 2. The van der Waals surface area contributed by atoms with Crippen molar-refractivity contribution in [1.82, 2.24) is 5.32 Å². The summed E-state index contributed by atoms with van der Waals surface area (Å²) in [4.78, 5) is 21.6. The van der Waals surface area contributed by atoms with Gasteiger partial charge in [-0.2, -0.15) is 0 Å². The van der Waals surface area contributed by atoms with Gasteiger partial charge in [0.05, 0.1) is 16.4 Å². The minimum absolute atomic E-state index is 0.00155. The van der Waals surface area contributed by atoms with E-state index in [-0.39, 0.29) is 22.9 Å². The number of urea groups is 1. The van der Waals surface area contributed by atoms with Gasteiger partial charge in [0.15, 0.2) is 9.84 Å². The Kier molecular flexibility index (Phi) is 3.98. The maximum atomic E-state index is 11.7. The van der Waals surface area contributed by atoms with Crippen LogP contribution in [0.5, 0.6) is 5.75 Å².